The van der Waals surface area contributed by atoms with Crippen molar-refractivity contribution in [1.82, 2.24) is 5.32 Å². The normalized spacial score (nSPS) is 20.3. The van der Waals surface area contributed by atoms with Crippen LogP contribution in [0.2, 0.25) is 0 Å². The summed E-state index contributed by atoms with van der Waals surface area (Å²) in [6.45, 7) is 4.12. The van der Waals surface area contributed by atoms with Crippen LogP contribution in [0.5, 0.6) is 0 Å². The Hall–Kier alpha value is -2.38. The van der Waals surface area contributed by atoms with Crippen LogP contribution in [0.4, 0.5) is 0 Å². The fourth-order valence-corrected chi connectivity index (χ4v) is 7.76. The van der Waals surface area contributed by atoms with Crippen molar-refractivity contribution >= 4 is 11.9 Å². The van der Waals surface area contributed by atoms with Crippen molar-refractivity contribution in [2.75, 3.05) is 19.8 Å². The molecule has 11 nitrogen and oxygen atoms in total. The minimum atomic E-state index is -1.59. The molecule has 1 fully saturated rings. The van der Waals surface area contributed by atoms with E-state index in [9.17, 15) is 35.1 Å². The van der Waals surface area contributed by atoms with Gasteiger partial charge in [0.2, 0.25) is 5.91 Å². The van der Waals surface area contributed by atoms with Crippen LogP contribution >= 0.6 is 0 Å². The first kappa shape index (κ1) is 59.6. The quantitative estimate of drug-likeness (QED) is 0.0196. The molecule has 1 heterocycles. The number of aliphatic hydroxyl groups excluding tert-OH is 5. The Balaban J connectivity index is 2.16. The smallest absolute Gasteiger partial charge is 0.305 e. The highest BCUT2D eigenvalue weighted by Gasteiger charge is 2.44. The maximum absolute atomic E-state index is 13.0. The van der Waals surface area contributed by atoms with Crippen molar-refractivity contribution in [2.24, 2.45) is 0 Å². The number of nitrogens with one attached hydrogen (secondary N) is 1. The van der Waals surface area contributed by atoms with Gasteiger partial charge in [-0.1, -0.05) is 172 Å². The molecule has 0 spiro atoms. The van der Waals surface area contributed by atoms with Crippen LogP contribution in [-0.2, 0) is 23.8 Å². The summed E-state index contributed by atoms with van der Waals surface area (Å²) in [5, 5.41) is 54.1. The molecule has 7 unspecified atom stereocenters. The second-order valence-electron chi connectivity index (χ2n) is 17.8. The molecule has 0 aliphatic carbocycles. The van der Waals surface area contributed by atoms with Gasteiger partial charge in [-0.05, 0) is 77.0 Å². The molecule has 1 aliphatic heterocycles. The molecule has 0 aromatic rings. The van der Waals surface area contributed by atoms with Gasteiger partial charge in [-0.15, -0.1) is 0 Å². The molecule has 6 N–H and O–H groups in total. The van der Waals surface area contributed by atoms with E-state index in [2.05, 4.69) is 55.6 Å². The number of unbranched alkanes of at least 4 members (excludes halogenated alkanes) is 23. The lowest BCUT2D eigenvalue weighted by Crippen LogP contribution is -2.60. The average Bonchev–Trinajstić information content (AvgIpc) is 3.29. The van der Waals surface area contributed by atoms with Gasteiger partial charge in [-0.25, -0.2) is 0 Å². The second-order valence-corrected chi connectivity index (χ2v) is 17.8. The second kappa shape index (κ2) is 43.2. The Bertz CT molecular complexity index is 1210. The van der Waals surface area contributed by atoms with Crippen LogP contribution in [0.25, 0.3) is 0 Å². The van der Waals surface area contributed by atoms with Crippen LogP contribution in [0.15, 0.2) is 48.6 Å². The minimum Gasteiger partial charge on any atom is -0.466 e. The van der Waals surface area contributed by atoms with Crippen LogP contribution < -0.4 is 5.32 Å². The first-order chi connectivity index (χ1) is 31.2. The van der Waals surface area contributed by atoms with Gasteiger partial charge in [0.25, 0.3) is 0 Å². The first-order valence-electron chi connectivity index (χ1n) is 25.9. The Kier molecular flexibility index (Phi) is 40.3. The van der Waals surface area contributed by atoms with Crippen LogP contribution in [0.3, 0.4) is 0 Å². The lowest BCUT2D eigenvalue weighted by molar-refractivity contribution is -0.302. The van der Waals surface area contributed by atoms with Crippen molar-refractivity contribution in [1.29, 1.82) is 0 Å². The summed E-state index contributed by atoms with van der Waals surface area (Å²) in [6, 6.07) is -0.845. The summed E-state index contributed by atoms with van der Waals surface area (Å²) < 4.78 is 16.6. The van der Waals surface area contributed by atoms with E-state index < -0.39 is 49.5 Å². The monoisotopic (exact) mass is 906 g/mol. The topological polar surface area (TPSA) is 175 Å². The maximum atomic E-state index is 13.0. The number of hydrogen-bond donors (Lipinski definition) is 6. The highest BCUT2D eigenvalue weighted by molar-refractivity contribution is 5.76. The van der Waals surface area contributed by atoms with Gasteiger partial charge in [-0.2, -0.15) is 0 Å². The molecule has 64 heavy (non-hydrogen) atoms. The SMILES string of the molecule is CC/C=C/CC/C=C/CC/C=C/C(O)C(COC1OC(CO)C(O)C(O)C1O)NC(=O)CCCCCCCCC/C=C\CCCCCCOC(=O)CCCCCCCCCCCCC. The number of rotatable bonds is 43. The average molecular weight is 906 g/mol. The van der Waals surface area contributed by atoms with Crippen LogP contribution in [0, 0.1) is 0 Å². The van der Waals surface area contributed by atoms with Gasteiger partial charge < -0.3 is 45.1 Å². The van der Waals surface area contributed by atoms with Crippen molar-refractivity contribution in [3.05, 3.63) is 48.6 Å². The molecule has 1 rings (SSSR count). The number of hydrogen-bond acceptors (Lipinski definition) is 10. The van der Waals surface area contributed by atoms with E-state index in [1.54, 1.807) is 6.08 Å². The van der Waals surface area contributed by atoms with Crippen molar-refractivity contribution in [3.63, 3.8) is 0 Å². The Morgan fingerprint density at radius 3 is 1.62 bits per heavy atom. The molecule has 0 saturated carbocycles. The van der Waals surface area contributed by atoms with Gasteiger partial charge in [0.15, 0.2) is 6.29 Å². The maximum Gasteiger partial charge on any atom is 0.305 e. The van der Waals surface area contributed by atoms with E-state index in [4.69, 9.17) is 14.2 Å². The van der Waals surface area contributed by atoms with E-state index in [-0.39, 0.29) is 18.5 Å². The summed E-state index contributed by atoms with van der Waals surface area (Å²) in [5.41, 5.74) is 0. The van der Waals surface area contributed by atoms with E-state index in [1.807, 2.05) is 6.08 Å². The zero-order valence-electron chi connectivity index (χ0n) is 40.5. The molecule has 1 saturated heterocycles. The van der Waals surface area contributed by atoms with Crippen LogP contribution in [0.1, 0.15) is 213 Å². The molecule has 7 atom stereocenters. The first-order valence-corrected chi connectivity index (χ1v) is 25.9. The molecule has 0 radical (unpaired) electrons. The van der Waals surface area contributed by atoms with Crippen molar-refractivity contribution < 1.29 is 49.3 Å². The number of ether oxygens (including phenoxy) is 3. The number of carbonyl (C=O) groups is 2. The molecule has 1 aliphatic rings. The predicted molar refractivity (Wildman–Crippen MR) is 260 cm³/mol. The van der Waals surface area contributed by atoms with Crippen molar-refractivity contribution in [3.8, 4) is 0 Å². The highest BCUT2D eigenvalue weighted by atomic mass is 16.7. The number of aliphatic hydroxyl groups is 5. The Labute approximate surface area is 389 Å². The van der Waals surface area contributed by atoms with Gasteiger partial charge in [-0.3, -0.25) is 9.59 Å². The standard InChI is InChI=1S/C53H95NO10/c1-3-5-7-9-11-13-20-25-29-33-37-41-49(58)62-42-38-34-30-26-22-19-17-15-16-18-21-24-28-32-36-40-48(57)54-45(44-63-53-52(61)51(60)50(59)47(43-55)64-53)46(56)39-35-31-27-23-14-12-10-8-6-4-2/h6,8,14,17,19,23,35,39,45-47,50-53,55-56,59-61H,3-5,7,9-13,15-16,18,20-22,24-34,36-38,40-44H2,1-2H3,(H,54,57)/b8-6+,19-17-,23-14+,39-35+. The van der Waals surface area contributed by atoms with E-state index in [1.165, 1.54) is 83.5 Å². The zero-order chi connectivity index (χ0) is 46.7. The molecule has 11 heteroatoms. The van der Waals surface area contributed by atoms with Gasteiger partial charge >= 0.3 is 5.97 Å². The van der Waals surface area contributed by atoms with Gasteiger partial charge in [0, 0.05) is 12.8 Å². The fraction of sp³-hybridized carbons (Fsp3) is 0.811. The third-order valence-electron chi connectivity index (χ3n) is 11.9. The summed E-state index contributed by atoms with van der Waals surface area (Å²) in [4.78, 5) is 25.0. The van der Waals surface area contributed by atoms with E-state index in [0.717, 1.165) is 96.3 Å². The summed E-state index contributed by atoms with van der Waals surface area (Å²) in [6.07, 6.45) is 42.0. The van der Waals surface area contributed by atoms with Gasteiger partial charge in [0.05, 0.1) is 32.0 Å². The molecular formula is C53H95NO10. The van der Waals surface area contributed by atoms with E-state index >= 15 is 0 Å². The summed E-state index contributed by atoms with van der Waals surface area (Å²) in [7, 11) is 0. The number of esters is 1. The lowest BCUT2D eigenvalue weighted by atomic mass is 9.99. The molecule has 1 amide bonds. The molecular weight excluding hydrogens is 811 g/mol. The summed E-state index contributed by atoms with van der Waals surface area (Å²) >= 11 is 0. The number of amides is 1. The number of allylic oxidation sites excluding steroid dienone is 7. The third-order valence-corrected chi connectivity index (χ3v) is 11.9. The van der Waals surface area contributed by atoms with Crippen molar-refractivity contribution in [2.45, 2.75) is 256 Å². The molecule has 0 aromatic heterocycles. The van der Waals surface area contributed by atoms with Gasteiger partial charge in [0.1, 0.15) is 24.4 Å². The van der Waals surface area contributed by atoms with Crippen LogP contribution in [-0.4, -0.2) is 100 Å². The minimum absolute atomic E-state index is 0.0323. The molecule has 0 aromatic carbocycles. The largest absolute Gasteiger partial charge is 0.466 e. The molecule has 372 valence electrons. The number of carbonyl (C=O) groups excluding carboxylic acids is 2. The summed E-state index contributed by atoms with van der Waals surface area (Å²) in [5.74, 6) is -0.248. The zero-order valence-corrected chi connectivity index (χ0v) is 40.5. The van der Waals surface area contributed by atoms with E-state index in [0.29, 0.717) is 25.9 Å². The third kappa shape index (κ3) is 33.1. The predicted octanol–water partition coefficient (Wildman–Crippen LogP) is 10.5. The highest BCUT2D eigenvalue weighted by Crippen LogP contribution is 2.22. The Morgan fingerprint density at radius 1 is 0.578 bits per heavy atom. The lowest BCUT2D eigenvalue weighted by Gasteiger charge is -2.40. The Morgan fingerprint density at radius 2 is 1.06 bits per heavy atom. The molecule has 0 bridgehead atoms. The fourth-order valence-electron chi connectivity index (χ4n) is 7.76.